The summed E-state index contributed by atoms with van der Waals surface area (Å²) in [7, 11) is -4.21. The van der Waals surface area contributed by atoms with Crippen LogP contribution >= 0.6 is 23.2 Å². The standard InChI is InChI=1S/C22H26Cl2N6O4S/c1-12-20(25)22(11-34-12)5-7-29(8-6-22)17-9-15(35(26,32)33)18(13-3-2-4-14(23)19(13)24)21-28-27-16(10-31)30(17)21/h2-4,9,12,20,31H,5-8,10-11,25H2,1H3,(H2,26,32,33). The molecule has 0 saturated carbocycles. The zero-order valence-electron chi connectivity index (χ0n) is 19.0. The van der Waals surface area contributed by atoms with Crippen molar-refractivity contribution in [3.8, 4) is 11.1 Å². The number of aliphatic hydroxyl groups is 1. The van der Waals surface area contributed by atoms with Crippen LogP contribution in [0.1, 0.15) is 25.6 Å². The van der Waals surface area contributed by atoms with E-state index in [-0.39, 0.29) is 49.5 Å². The first-order chi connectivity index (χ1) is 16.6. The Morgan fingerprint density at radius 1 is 1.26 bits per heavy atom. The fraction of sp³-hybridized carbons (Fsp3) is 0.455. The minimum absolute atomic E-state index is 0.0113. The maximum Gasteiger partial charge on any atom is 0.238 e. The van der Waals surface area contributed by atoms with Gasteiger partial charge in [-0.2, -0.15) is 0 Å². The molecule has 0 aliphatic carbocycles. The molecule has 3 aromatic rings. The molecule has 2 atom stereocenters. The highest BCUT2D eigenvalue weighted by atomic mass is 35.5. The predicted octanol–water partition coefficient (Wildman–Crippen LogP) is 2.18. The summed E-state index contributed by atoms with van der Waals surface area (Å²) >= 11 is 12.7. The minimum Gasteiger partial charge on any atom is -0.388 e. The molecule has 4 heterocycles. The van der Waals surface area contributed by atoms with Gasteiger partial charge in [-0.25, -0.2) is 13.6 Å². The second-order valence-electron chi connectivity index (χ2n) is 9.21. The lowest BCUT2D eigenvalue weighted by Gasteiger charge is -2.42. The van der Waals surface area contributed by atoms with Gasteiger partial charge >= 0.3 is 0 Å². The van der Waals surface area contributed by atoms with Gasteiger partial charge in [0.05, 0.1) is 27.7 Å². The van der Waals surface area contributed by atoms with Crippen LogP contribution in [0.25, 0.3) is 16.8 Å². The number of aromatic nitrogens is 3. The van der Waals surface area contributed by atoms with Gasteiger partial charge in [0.25, 0.3) is 0 Å². The maximum atomic E-state index is 12.8. The van der Waals surface area contributed by atoms with E-state index in [0.717, 1.165) is 12.8 Å². The van der Waals surface area contributed by atoms with E-state index in [9.17, 15) is 13.5 Å². The maximum absolute atomic E-state index is 12.8. The number of hydrogen-bond acceptors (Lipinski definition) is 8. The van der Waals surface area contributed by atoms with Crippen molar-refractivity contribution in [1.29, 1.82) is 0 Å². The van der Waals surface area contributed by atoms with Gasteiger partial charge in [-0.15, -0.1) is 10.2 Å². The van der Waals surface area contributed by atoms with Crippen molar-refractivity contribution in [1.82, 2.24) is 14.6 Å². The monoisotopic (exact) mass is 540 g/mol. The molecule has 2 fully saturated rings. The number of sulfonamides is 1. The first-order valence-electron chi connectivity index (χ1n) is 11.2. The van der Waals surface area contributed by atoms with Crippen LogP contribution in [0, 0.1) is 5.41 Å². The molecular formula is C22H26Cl2N6O4S. The van der Waals surface area contributed by atoms with Gasteiger partial charge in [-0.3, -0.25) is 4.40 Å². The number of aliphatic hydroxyl groups excluding tert-OH is 1. The lowest BCUT2D eigenvalue weighted by atomic mass is 9.73. The summed E-state index contributed by atoms with van der Waals surface area (Å²) in [5.41, 5.74) is 7.06. The van der Waals surface area contributed by atoms with E-state index >= 15 is 0 Å². The van der Waals surface area contributed by atoms with Crippen LogP contribution in [-0.2, 0) is 21.4 Å². The molecule has 0 amide bonds. The van der Waals surface area contributed by atoms with Gasteiger partial charge in [0.2, 0.25) is 10.0 Å². The first kappa shape index (κ1) is 24.7. The second-order valence-corrected chi connectivity index (χ2v) is 11.5. The summed E-state index contributed by atoms with van der Waals surface area (Å²) in [6, 6.07) is 6.31. The minimum atomic E-state index is -4.21. The third kappa shape index (κ3) is 3.99. The van der Waals surface area contributed by atoms with Crippen LogP contribution in [-0.4, -0.2) is 60.0 Å². The van der Waals surface area contributed by atoms with Gasteiger partial charge in [0.15, 0.2) is 11.5 Å². The highest BCUT2D eigenvalue weighted by molar-refractivity contribution is 7.89. The van der Waals surface area contributed by atoms with Crippen LogP contribution in [0.15, 0.2) is 29.2 Å². The average Bonchev–Trinajstić information content (AvgIpc) is 3.37. The smallest absolute Gasteiger partial charge is 0.238 e. The number of fused-ring (bicyclic) bond motifs is 1. The largest absolute Gasteiger partial charge is 0.388 e. The van der Waals surface area contributed by atoms with E-state index in [1.165, 1.54) is 6.07 Å². The molecule has 2 saturated heterocycles. The summed E-state index contributed by atoms with van der Waals surface area (Å²) in [5, 5.41) is 24.4. The Bertz CT molecular complexity index is 1400. The van der Waals surface area contributed by atoms with Gasteiger partial charge in [-0.05, 0) is 25.8 Å². The number of anilines is 1. The third-order valence-electron chi connectivity index (χ3n) is 7.29. The number of halogens is 2. The molecule has 2 aliphatic heterocycles. The Hall–Kier alpha value is -1.99. The summed E-state index contributed by atoms with van der Waals surface area (Å²) in [4.78, 5) is 1.88. The summed E-state index contributed by atoms with van der Waals surface area (Å²) in [5.74, 6) is 0.764. The Morgan fingerprint density at radius 3 is 2.57 bits per heavy atom. The average molecular weight is 541 g/mol. The zero-order chi connectivity index (χ0) is 25.1. The molecule has 0 radical (unpaired) electrons. The van der Waals surface area contributed by atoms with Crippen LogP contribution in [0.5, 0.6) is 0 Å². The SMILES string of the molecule is CC1OCC2(CCN(c3cc(S(N)(=O)=O)c(-c4cccc(Cl)c4Cl)c4nnc(CO)n34)CC2)C1N. The van der Waals surface area contributed by atoms with Gasteiger partial charge in [-0.1, -0.05) is 35.3 Å². The summed E-state index contributed by atoms with van der Waals surface area (Å²) in [6.07, 6.45) is 1.52. The molecule has 1 aromatic carbocycles. The Balaban J connectivity index is 1.69. The van der Waals surface area contributed by atoms with Crippen LogP contribution in [0.2, 0.25) is 10.0 Å². The molecule has 5 N–H and O–H groups in total. The molecule has 188 valence electrons. The van der Waals surface area contributed by atoms with E-state index in [0.29, 0.717) is 31.1 Å². The number of hydrogen-bond donors (Lipinski definition) is 3. The van der Waals surface area contributed by atoms with E-state index in [2.05, 4.69) is 10.2 Å². The van der Waals surface area contributed by atoms with Crippen molar-refractivity contribution in [3.05, 3.63) is 40.1 Å². The van der Waals surface area contributed by atoms with E-state index in [1.54, 1.807) is 22.6 Å². The highest BCUT2D eigenvalue weighted by Gasteiger charge is 2.47. The van der Waals surface area contributed by atoms with Crippen molar-refractivity contribution in [2.45, 2.75) is 43.4 Å². The summed E-state index contributed by atoms with van der Waals surface area (Å²) in [6.45, 7) is 3.38. The van der Waals surface area contributed by atoms with Crippen LogP contribution < -0.4 is 15.8 Å². The molecule has 2 unspecified atom stereocenters. The number of primary sulfonamides is 1. The van der Waals surface area contributed by atoms with Crippen molar-refractivity contribution in [3.63, 3.8) is 0 Å². The van der Waals surface area contributed by atoms with E-state index < -0.39 is 16.6 Å². The fourth-order valence-electron chi connectivity index (χ4n) is 5.25. The van der Waals surface area contributed by atoms with Crippen molar-refractivity contribution in [2.24, 2.45) is 16.3 Å². The lowest BCUT2D eigenvalue weighted by molar-refractivity contribution is 0.0974. The van der Waals surface area contributed by atoms with Crippen molar-refractivity contribution >= 4 is 44.7 Å². The molecule has 2 aromatic heterocycles. The number of nitrogens with two attached hydrogens (primary N) is 2. The topological polar surface area (TPSA) is 149 Å². The zero-order valence-corrected chi connectivity index (χ0v) is 21.3. The normalized spacial score (nSPS) is 22.4. The molecule has 2 aliphatic rings. The number of benzene rings is 1. The Labute approximate surface area is 212 Å². The Morgan fingerprint density at radius 2 is 1.97 bits per heavy atom. The molecular weight excluding hydrogens is 515 g/mol. The molecule has 13 heteroatoms. The molecule has 10 nitrogen and oxygen atoms in total. The number of nitrogens with zero attached hydrogens (tertiary/aromatic N) is 4. The van der Waals surface area contributed by atoms with Crippen LogP contribution in [0.3, 0.4) is 0 Å². The van der Waals surface area contributed by atoms with Gasteiger partial charge < -0.3 is 20.5 Å². The first-order valence-corrected chi connectivity index (χ1v) is 13.5. The molecule has 0 bridgehead atoms. The Kier molecular flexibility index (Phi) is 6.24. The predicted molar refractivity (Wildman–Crippen MR) is 133 cm³/mol. The summed E-state index contributed by atoms with van der Waals surface area (Å²) < 4.78 is 33.1. The van der Waals surface area contributed by atoms with Crippen LogP contribution in [0.4, 0.5) is 5.82 Å². The molecule has 5 rings (SSSR count). The van der Waals surface area contributed by atoms with Gasteiger partial charge in [0, 0.05) is 41.7 Å². The van der Waals surface area contributed by atoms with Gasteiger partial charge in [0.1, 0.15) is 12.4 Å². The van der Waals surface area contributed by atoms with Crippen molar-refractivity contribution < 1.29 is 18.3 Å². The lowest BCUT2D eigenvalue weighted by Crippen LogP contribution is -2.51. The number of pyridine rings is 1. The van der Waals surface area contributed by atoms with E-state index in [1.807, 2.05) is 11.8 Å². The number of piperidine rings is 1. The fourth-order valence-corrected chi connectivity index (χ4v) is 6.40. The molecule has 1 spiro atoms. The van der Waals surface area contributed by atoms with Crippen molar-refractivity contribution in [2.75, 3.05) is 24.6 Å². The van der Waals surface area contributed by atoms with E-state index in [4.69, 9.17) is 38.8 Å². The molecule has 35 heavy (non-hydrogen) atoms. The highest BCUT2D eigenvalue weighted by Crippen LogP contribution is 2.44. The quantitative estimate of drug-likeness (QED) is 0.455. The number of rotatable bonds is 4. The number of ether oxygens (including phenoxy) is 1. The third-order valence-corrected chi connectivity index (χ3v) is 9.04. The second kappa shape index (κ2) is 8.84.